The predicted molar refractivity (Wildman–Crippen MR) is 102 cm³/mol. The molecule has 1 aromatic rings. The summed E-state index contributed by atoms with van der Waals surface area (Å²) >= 11 is 1.76. The van der Waals surface area contributed by atoms with Crippen molar-refractivity contribution in [2.45, 2.75) is 25.1 Å². The average molecular weight is 436 g/mol. The Balaban J connectivity index is 0.00000441. The molecular formula is C15H22FIN4S. The Kier molecular flexibility index (Phi) is 9.44. The first-order valence-electron chi connectivity index (χ1n) is 6.60. The van der Waals surface area contributed by atoms with Crippen molar-refractivity contribution in [3.8, 4) is 6.07 Å². The van der Waals surface area contributed by atoms with Crippen LogP contribution in [0, 0.1) is 17.1 Å². The van der Waals surface area contributed by atoms with Crippen molar-refractivity contribution in [1.29, 1.82) is 5.26 Å². The lowest BCUT2D eigenvalue weighted by Crippen LogP contribution is -2.43. The average Bonchev–Trinajstić information content (AvgIpc) is 2.48. The van der Waals surface area contributed by atoms with Crippen molar-refractivity contribution < 1.29 is 4.39 Å². The van der Waals surface area contributed by atoms with Crippen molar-refractivity contribution in [2.75, 3.05) is 19.8 Å². The van der Waals surface area contributed by atoms with Crippen LogP contribution < -0.4 is 10.6 Å². The van der Waals surface area contributed by atoms with Gasteiger partial charge in [-0.15, -0.1) is 24.0 Å². The van der Waals surface area contributed by atoms with Gasteiger partial charge >= 0.3 is 0 Å². The van der Waals surface area contributed by atoms with Gasteiger partial charge in [-0.25, -0.2) is 4.39 Å². The van der Waals surface area contributed by atoms with E-state index in [0.29, 0.717) is 23.6 Å². The Labute approximate surface area is 153 Å². The van der Waals surface area contributed by atoms with Crippen LogP contribution in [-0.4, -0.2) is 30.6 Å². The van der Waals surface area contributed by atoms with Crippen LogP contribution in [0.1, 0.15) is 25.0 Å². The summed E-state index contributed by atoms with van der Waals surface area (Å²) in [6, 6.07) is 6.37. The maximum atomic E-state index is 13.8. The van der Waals surface area contributed by atoms with E-state index >= 15 is 0 Å². The van der Waals surface area contributed by atoms with E-state index in [2.05, 4.69) is 35.7 Å². The molecule has 7 heteroatoms. The Morgan fingerprint density at radius 3 is 2.59 bits per heavy atom. The molecule has 0 saturated carbocycles. The van der Waals surface area contributed by atoms with Gasteiger partial charge in [0.05, 0.1) is 11.6 Å². The van der Waals surface area contributed by atoms with Gasteiger partial charge in [-0.05, 0) is 32.2 Å². The molecule has 0 fully saturated rings. The van der Waals surface area contributed by atoms with E-state index < -0.39 is 0 Å². The zero-order valence-corrected chi connectivity index (χ0v) is 16.4. The smallest absolute Gasteiger partial charge is 0.191 e. The van der Waals surface area contributed by atoms with Crippen molar-refractivity contribution in [3.05, 3.63) is 35.1 Å². The minimum Gasteiger partial charge on any atom is -0.355 e. The fourth-order valence-electron chi connectivity index (χ4n) is 1.53. The van der Waals surface area contributed by atoms with Gasteiger partial charge in [0, 0.05) is 30.4 Å². The molecule has 0 saturated heterocycles. The lowest BCUT2D eigenvalue weighted by molar-refractivity contribution is 0.602. The number of hydrogen-bond acceptors (Lipinski definition) is 3. The summed E-state index contributed by atoms with van der Waals surface area (Å²) in [6.07, 6.45) is 2.06. The maximum absolute atomic E-state index is 13.8. The number of aliphatic imine (C=N–C) groups is 1. The summed E-state index contributed by atoms with van der Waals surface area (Å²) in [5.74, 6) is 0.238. The first-order chi connectivity index (χ1) is 9.91. The molecule has 0 unspecified atom stereocenters. The minimum absolute atomic E-state index is 0. The van der Waals surface area contributed by atoms with E-state index in [4.69, 9.17) is 5.26 Å². The van der Waals surface area contributed by atoms with Crippen LogP contribution in [0.4, 0.5) is 4.39 Å². The molecule has 0 atom stereocenters. The summed E-state index contributed by atoms with van der Waals surface area (Å²) in [4.78, 5) is 4.11. The van der Waals surface area contributed by atoms with Crippen LogP contribution in [0.2, 0.25) is 0 Å². The molecule has 22 heavy (non-hydrogen) atoms. The second-order valence-corrected chi connectivity index (χ2v) is 6.67. The lowest BCUT2D eigenvalue weighted by Gasteiger charge is -2.23. The van der Waals surface area contributed by atoms with Gasteiger partial charge in [0.1, 0.15) is 5.82 Å². The van der Waals surface area contributed by atoms with Gasteiger partial charge in [-0.2, -0.15) is 17.0 Å². The maximum Gasteiger partial charge on any atom is 0.191 e. The number of benzene rings is 1. The third-order valence-corrected chi connectivity index (χ3v) is 4.34. The predicted octanol–water partition coefficient (Wildman–Crippen LogP) is 3.12. The van der Waals surface area contributed by atoms with E-state index in [1.807, 2.05) is 6.07 Å². The zero-order chi connectivity index (χ0) is 15.9. The molecular weight excluding hydrogens is 414 g/mol. The first-order valence-corrected chi connectivity index (χ1v) is 7.82. The van der Waals surface area contributed by atoms with E-state index in [1.54, 1.807) is 30.9 Å². The number of nitrogens with zero attached hydrogens (tertiary/aromatic N) is 2. The summed E-state index contributed by atoms with van der Waals surface area (Å²) in [5.41, 5.74) is 0.821. The van der Waals surface area contributed by atoms with Gasteiger partial charge in [0.25, 0.3) is 0 Å². The molecule has 2 N–H and O–H groups in total. The molecule has 1 rings (SSSR count). The molecule has 122 valence electrons. The van der Waals surface area contributed by atoms with Crippen LogP contribution in [0.15, 0.2) is 23.2 Å². The molecule has 0 bridgehead atoms. The normalized spacial score (nSPS) is 11.4. The van der Waals surface area contributed by atoms with E-state index in [9.17, 15) is 4.39 Å². The summed E-state index contributed by atoms with van der Waals surface area (Å²) < 4.78 is 13.9. The van der Waals surface area contributed by atoms with Gasteiger partial charge in [-0.3, -0.25) is 4.99 Å². The van der Waals surface area contributed by atoms with E-state index in [-0.39, 0.29) is 34.5 Å². The van der Waals surface area contributed by atoms with Gasteiger partial charge < -0.3 is 10.6 Å². The molecule has 0 aliphatic heterocycles. The SMILES string of the molecule is CN=C(NCc1ccc(C#N)cc1F)NCC(C)(C)SC.I. The minimum atomic E-state index is -0.388. The Morgan fingerprint density at radius 2 is 2.09 bits per heavy atom. The van der Waals surface area contributed by atoms with Gasteiger partial charge in [0.15, 0.2) is 5.96 Å². The Bertz CT molecular complexity index is 555. The third-order valence-electron chi connectivity index (χ3n) is 3.09. The fraction of sp³-hybridized carbons (Fsp3) is 0.467. The summed E-state index contributed by atoms with van der Waals surface area (Å²) in [6.45, 7) is 5.34. The standard InChI is InChI=1S/C15H21FN4S.HI/c1-15(2,21-4)10-20-14(18-3)19-9-12-6-5-11(8-17)7-13(12)16;/h5-7H,9-10H2,1-4H3,(H2,18,19,20);1H. The van der Waals surface area contributed by atoms with E-state index in [1.165, 1.54) is 6.07 Å². The topological polar surface area (TPSA) is 60.2 Å². The van der Waals surface area contributed by atoms with Crippen molar-refractivity contribution in [1.82, 2.24) is 10.6 Å². The number of nitriles is 1. The zero-order valence-electron chi connectivity index (χ0n) is 13.2. The molecule has 0 spiro atoms. The van der Waals surface area contributed by atoms with Crippen LogP contribution in [0.5, 0.6) is 0 Å². The number of hydrogen-bond donors (Lipinski definition) is 2. The van der Waals surface area contributed by atoms with Gasteiger partial charge in [0.2, 0.25) is 0 Å². The van der Waals surface area contributed by atoms with Crippen LogP contribution in [0.3, 0.4) is 0 Å². The fourth-order valence-corrected chi connectivity index (χ4v) is 1.75. The Hall–Kier alpha value is -1.01. The van der Waals surface area contributed by atoms with Crippen LogP contribution in [0.25, 0.3) is 0 Å². The largest absolute Gasteiger partial charge is 0.355 e. The van der Waals surface area contributed by atoms with Gasteiger partial charge in [-0.1, -0.05) is 6.07 Å². The number of rotatable bonds is 5. The molecule has 4 nitrogen and oxygen atoms in total. The second-order valence-electron chi connectivity index (χ2n) is 5.16. The third kappa shape index (κ3) is 6.83. The number of halogens is 2. The van der Waals surface area contributed by atoms with Crippen LogP contribution >= 0.6 is 35.7 Å². The second kappa shape index (κ2) is 9.90. The molecule has 0 heterocycles. The Morgan fingerprint density at radius 1 is 1.41 bits per heavy atom. The summed E-state index contributed by atoms with van der Waals surface area (Å²) in [5, 5.41) is 15.0. The first kappa shape index (κ1) is 21.0. The highest BCUT2D eigenvalue weighted by Crippen LogP contribution is 2.19. The molecule has 0 amide bonds. The lowest BCUT2D eigenvalue weighted by atomic mass is 10.1. The highest BCUT2D eigenvalue weighted by atomic mass is 127. The van der Waals surface area contributed by atoms with Crippen molar-refractivity contribution in [2.24, 2.45) is 4.99 Å². The van der Waals surface area contributed by atoms with Crippen molar-refractivity contribution >= 4 is 41.7 Å². The number of nitrogens with one attached hydrogen (secondary N) is 2. The highest BCUT2D eigenvalue weighted by Gasteiger charge is 2.16. The molecule has 0 aliphatic carbocycles. The highest BCUT2D eigenvalue weighted by molar-refractivity contribution is 14.0. The summed E-state index contributed by atoms with van der Waals surface area (Å²) in [7, 11) is 1.68. The molecule has 0 aliphatic rings. The van der Waals surface area contributed by atoms with Crippen LogP contribution in [-0.2, 0) is 6.54 Å². The number of thioether (sulfide) groups is 1. The number of guanidine groups is 1. The molecule has 0 radical (unpaired) electrons. The van der Waals surface area contributed by atoms with Crippen molar-refractivity contribution in [3.63, 3.8) is 0 Å². The monoisotopic (exact) mass is 436 g/mol. The quantitative estimate of drug-likeness (QED) is 0.423. The van der Waals surface area contributed by atoms with E-state index in [0.717, 1.165) is 6.54 Å². The molecule has 1 aromatic carbocycles. The molecule has 0 aromatic heterocycles.